The van der Waals surface area contributed by atoms with Crippen molar-refractivity contribution in [2.24, 2.45) is 11.3 Å². The lowest BCUT2D eigenvalue weighted by molar-refractivity contribution is -0.137. The Morgan fingerprint density at radius 3 is 2.32 bits per heavy atom. The van der Waals surface area contributed by atoms with Gasteiger partial charge in [-0.3, -0.25) is 4.79 Å². The highest BCUT2D eigenvalue weighted by Crippen LogP contribution is 2.45. The summed E-state index contributed by atoms with van der Waals surface area (Å²) >= 11 is 6.56. The SMILES string of the molecule is CC(C)(C)C(O)c1ccc([C@@H]2[C@@H](CCCCCCC(=O)O)[C@H](Cl)C[C@H]2O)cc1. The number of halogens is 1. The summed E-state index contributed by atoms with van der Waals surface area (Å²) in [5.74, 6) is -0.503. The minimum atomic E-state index is -0.736. The van der Waals surface area contributed by atoms with Gasteiger partial charge in [0.05, 0.1) is 12.2 Å². The minimum absolute atomic E-state index is 0.0161. The summed E-state index contributed by atoms with van der Waals surface area (Å²) in [6.45, 7) is 6.03. The molecule has 0 spiro atoms. The summed E-state index contributed by atoms with van der Waals surface area (Å²) < 4.78 is 0. The molecule has 0 radical (unpaired) electrons. The molecule has 0 amide bonds. The molecule has 3 N–H and O–H groups in total. The van der Waals surface area contributed by atoms with Crippen molar-refractivity contribution in [2.45, 2.75) is 89.2 Å². The van der Waals surface area contributed by atoms with Crippen molar-refractivity contribution in [2.75, 3.05) is 0 Å². The summed E-state index contributed by atoms with van der Waals surface area (Å²) in [5.41, 5.74) is 1.75. The van der Waals surface area contributed by atoms with Crippen LogP contribution >= 0.6 is 11.6 Å². The monoisotopic (exact) mass is 410 g/mol. The molecule has 5 atom stereocenters. The number of carbonyl (C=O) groups is 1. The van der Waals surface area contributed by atoms with Gasteiger partial charge in [-0.2, -0.15) is 0 Å². The van der Waals surface area contributed by atoms with Gasteiger partial charge in [-0.25, -0.2) is 0 Å². The molecule has 2 rings (SSSR count). The molecule has 1 aromatic carbocycles. The molecule has 4 nitrogen and oxygen atoms in total. The first-order valence-electron chi connectivity index (χ1n) is 10.4. The van der Waals surface area contributed by atoms with Crippen molar-refractivity contribution >= 4 is 17.6 Å². The zero-order chi connectivity index (χ0) is 20.9. The van der Waals surface area contributed by atoms with E-state index in [9.17, 15) is 15.0 Å². The number of rotatable bonds is 9. The van der Waals surface area contributed by atoms with E-state index >= 15 is 0 Å². The van der Waals surface area contributed by atoms with E-state index in [1.54, 1.807) is 0 Å². The van der Waals surface area contributed by atoms with E-state index in [0.717, 1.165) is 36.8 Å². The molecule has 0 bridgehead atoms. The molecule has 0 aromatic heterocycles. The number of hydrogen-bond acceptors (Lipinski definition) is 3. The molecule has 1 unspecified atom stereocenters. The van der Waals surface area contributed by atoms with E-state index < -0.39 is 18.2 Å². The van der Waals surface area contributed by atoms with Crippen molar-refractivity contribution in [3.63, 3.8) is 0 Å². The second kappa shape index (κ2) is 10.1. The summed E-state index contributed by atoms with van der Waals surface area (Å²) in [7, 11) is 0. The Labute approximate surface area is 173 Å². The van der Waals surface area contributed by atoms with Crippen molar-refractivity contribution in [1.82, 2.24) is 0 Å². The standard InChI is InChI=1S/C23H35ClO4/c1-23(2,3)22(28)16-12-10-15(11-13-16)21-17(18(24)14-19(21)25)8-6-4-5-7-9-20(26)27/h10-13,17-19,21-22,25,28H,4-9,14H2,1-3H3,(H,26,27)/t17-,18+,19+,21+,22?/m0/s1. The Balaban J connectivity index is 1.98. The molecule has 0 aliphatic heterocycles. The second-order valence-corrected chi connectivity index (χ2v) is 9.85. The Morgan fingerprint density at radius 2 is 1.75 bits per heavy atom. The molecular weight excluding hydrogens is 376 g/mol. The zero-order valence-corrected chi connectivity index (χ0v) is 18.0. The lowest BCUT2D eigenvalue weighted by Gasteiger charge is -2.27. The Kier molecular flexibility index (Phi) is 8.35. The maximum Gasteiger partial charge on any atom is 0.303 e. The predicted octanol–water partition coefficient (Wildman–Crippen LogP) is 5.26. The molecule has 0 heterocycles. The fraction of sp³-hybridized carbons (Fsp3) is 0.696. The van der Waals surface area contributed by atoms with E-state index in [1.807, 2.05) is 45.0 Å². The molecule has 1 fully saturated rings. The molecular formula is C23H35ClO4. The number of aliphatic hydroxyl groups excluding tert-OH is 2. The third-order valence-corrected chi connectivity index (χ3v) is 6.44. The maximum absolute atomic E-state index is 10.6. The average Bonchev–Trinajstić information content (AvgIpc) is 2.90. The quantitative estimate of drug-likeness (QED) is 0.383. The van der Waals surface area contributed by atoms with E-state index in [1.165, 1.54) is 0 Å². The third kappa shape index (κ3) is 6.20. The normalized spacial score (nSPS) is 26.4. The Bertz CT molecular complexity index is 622. The average molecular weight is 411 g/mol. The van der Waals surface area contributed by atoms with E-state index in [2.05, 4.69) is 0 Å². The number of carboxylic acid groups (broad SMARTS) is 1. The van der Waals surface area contributed by atoms with Gasteiger partial charge in [0.2, 0.25) is 0 Å². The number of alkyl halides is 1. The Hall–Kier alpha value is -1.10. The molecule has 5 heteroatoms. The van der Waals surface area contributed by atoms with Crippen LogP contribution in [0.1, 0.15) is 88.9 Å². The Morgan fingerprint density at radius 1 is 1.14 bits per heavy atom. The van der Waals surface area contributed by atoms with Gasteiger partial charge < -0.3 is 15.3 Å². The van der Waals surface area contributed by atoms with Gasteiger partial charge in [0.25, 0.3) is 0 Å². The van der Waals surface area contributed by atoms with Gasteiger partial charge in [0.15, 0.2) is 0 Å². The topological polar surface area (TPSA) is 77.8 Å². The van der Waals surface area contributed by atoms with Crippen molar-refractivity contribution < 1.29 is 20.1 Å². The number of benzene rings is 1. The first-order chi connectivity index (χ1) is 13.1. The third-order valence-electron chi connectivity index (χ3n) is 5.94. The van der Waals surface area contributed by atoms with Crippen LogP contribution in [0.4, 0.5) is 0 Å². The van der Waals surface area contributed by atoms with Crippen LogP contribution in [0.5, 0.6) is 0 Å². The maximum atomic E-state index is 10.6. The van der Waals surface area contributed by atoms with Gasteiger partial charge in [-0.15, -0.1) is 11.6 Å². The zero-order valence-electron chi connectivity index (χ0n) is 17.3. The van der Waals surface area contributed by atoms with Crippen LogP contribution in [-0.4, -0.2) is 32.8 Å². The van der Waals surface area contributed by atoms with Gasteiger partial charge >= 0.3 is 5.97 Å². The smallest absolute Gasteiger partial charge is 0.303 e. The fourth-order valence-corrected chi connectivity index (χ4v) is 4.77. The fourth-order valence-electron chi connectivity index (χ4n) is 4.30. The predicted molar refractivity (Wildman–Crippen MR) is 113 cm³/mol. The van der Waals surface area contributed by atoms with E-state index in [-0.39, 0.29) is 29.0 Å². The largest absolute Gasteiger partial charge is 0.481 e. The molecule has 158 valence electrons. The van der Waals surface area contributed by atoms with Crippen molar-refractivity contribution in [3.8, 4) is 0 Å². The summed E-state index contributed by atoms with van der Waals surface area (Å²) in [5, 5.41) is 29.7. The second-order valence-electron chi connectivity index (χ2n) is 9.29. The number of carboxylic acids is 1. The van der Waals surface area contributed by atoms with Crippen molar-refractivity contribution in [1.29, 1.82) is 0 Å². The number of unbranched alkanes of at least 4 members (excludes halogenated alkanes) is 3. The molecule has 1 aliphatic rings. The van der Waals surface area contributed by atoms with Crippen LogP contribution in [0.25, 0.3) is 0 Å². The molecule has 1 aliphatic carbocycles. The number of aliphatic carboxylic acids is 1. The van der Waals surface area contributed by atoms with Gasteiger partial charge in [-0.1, -0.05) is 64.3 Å². The lowest BCUT2D eigenvalue weighted by atomic mass is 9.81. The van der Waals surface area contributed by atoms with Crippen LogP contribution in [0.2, 0.25) is 0 Å². The van der Waals surface area contributed by atoms with E-state index in [4.69, 9.17) is 16.7 Å². The van der Waals surface area contributed by atoms with Gasteiger partial charge in [0, 0.05) is 17.7 Å². The molecule has 1 saturated carbocycles. The summed E-state index contributed by atoms with van der Waals surface area (Å²) in [6.07, 6.45) is 4.42. The van der Waals surface area contributed by atoms with Crippen LogP contribution < -0.4 is 0 Å². The first-order valence-corrected chi connectivity index (χ1v) is 10.9. The van der Waals surface area contributed by atoms with Crippen LogP contribution in [0.3, 0.4) is 0 Å². The highest BCUT2D eigenvalue weighted by Gasteiger charge is 2.41. The summed E-state index contributed by atoms with van der Waals surface area (Å²) in [4.78, 5) is 10.6. The first kappa shape index (κ1) is 23.2. The molecule has 1 aromatic rings. The van der Waals surface area contributed by atoms with Gasteiger partial charge in [-0.05, 0) is 41.7 Å². The van der Waals surface area contributed by atoms with Gasteiger partial charge in [0.1, 0.15) is 0 Å². The van der Waals surface area contributed by atoms with Crippen molar-refractivity contribution in [3.05, 3.63) is 35.4 Å². The van der Waals surface area contributed by atoms with Crippen LogP contribution in [0.15, 0.2) is 24.3 Å². The number of aliphatic hydroxyl groups is 2. The molecule has 0 saturated heterocycles. The van der Waals surface area contributed by atoms with Crippen LogP contribution in [-0.2, 0) is 4.79 Å². The number of hydrogen-bond donors (Lipinski definition) is 3. The highest BCUT2D eigenvalue weighted by molar-refractivity contribution is 6.21. The minimum Gasteiger partial charge on any atom is -0.481 e. The van der Waals surface area contributed by atoms with E-state index in [0.29, 0.717) is 12.8 Å². The summed E-state index contributed by atoms with van der Waals surface area (Å²) in [6, 6.07) is 7.96. The molecule has 28 heavy (non-hydrogen) atoms. The highest BCUT2D eigenvalue weighted by atomic mass is 35.5. The van der Waals surface area contributed by atoms with Crippen LogP contribution in [0, 0.1) is 11.3 Å². The lowest BCUT2D eigenvalue weighted by Crippen LogP contribution is -2.20.